The summed E-state index contributed by atoms with van der Waals surface area (Å²) >= 11 is 0. The van der Waals surface area contributed by atoms with Gasteiger partial charge in [-0.1, -0.05) is 61.5 Å². The van der Waals surface area contributed by atoms with Crippen molar-refractivity contribution in [2.45, 2.75) is 25.8 Å². The van der Waals surface area contributed by atoms with Gasteiger partial charge in [0.1, 0.15) is 5.76 Å². The molecule has 5 nitrogen and oxygen atoms in total. The maximum Gasteiger partial charge on any atom is 0.295 e. The molecule has 1 aliphatic heterocycles. The summed E-state index contributed by atoms with van der Waals surface area (Å²) in [5, 5.41) is 10.9. The molecule has 1 unspecified atom stereocenters. The largest absolute Gasteiger partial charge is 0.507 e. The molecule has 0 bridgehead atoms. The molecule has 0 aliphatic carbocycles. The fourth-order valence-corrected chi connectivity index (χ4v) is 3.70. The summed E-state index contributed by atoms with van der Waals surface area (Å²) in [6.45, 7) is 3.34. The van der Waals surface area contributed by atoms with Gasteiger partial charge in [-0.15, -0.1) is 0 Å². The van der Waals surface area contributed by atoms with Gasteiger partial charge in [0.2, 0.25) is 0 Å². The zero-order valence-corrected chi connectivity index (χ0v) is 17.3. The molecule has 1 heterocycles. The molecule has 1 N–H and O–H groups in total. The van der Waals surface area contributed by atoms with Crippen molar-refractivity contribution >= 4 is 17.4 Å². The van der Waals surface area contributed by atoms with Gasteiger partial charge in [0.25, 0.3) is 11.7 Å². The lowest BCUT2D eigenvalue weighted by Crippen LogP contribution is -2.32. The van der Waals surface area contributed by atoms with Gasteiger partial charge in [0.15, 0.2) is 0 Å². The second-order valence-electron chi connectivity index (χ2n) is 7.61. The van der Waals surface area contributed by atoms with Crippen molar-refractivity contribution in [1.29, 1.82) is 0 Å². The van der Waals surface area contributed by atoms with Gasteiger partial charge in [-0.2, -0.15) is 0 Å². The van der Waals surface area contributed by atoms with Crippen LogP contribution in [0.1, 0.15) is 36.1 Å². The Morgan fingerprint density at radius 2 is 1.69 bits per heavy atom. The molecule has 5 heteroatoms. The van der Waals surface area contributed by atoms with Crippen LogP contribution in [0.4, 0.5) is 0 Å². The summed E-state index contributed by atoms with van der Waals surface area (Å²) in [6, 6.07) is 16.3. The zero-order valence-electron chi connectivity index (χ0n) is 17.3. The number of Topliss-reactive ketones (excluding diaryl/α,β-unsaturated/α-hetero) is 1. The van der Waals surface area contributed by atoms with Crippen molar-refractivity contribution < 1.29 is 14.7 Å². The number of nitrogens with zero attached hydrogens (tertiary/aromatic N) is 2. The third kappa shape index (κ3) is 4.40. The third-order valence-electron chi connectivity index (χ3n) is 5.30. The SMILES string of the molecule is CCc1ccc(C2/C(=C(/O)c3ccccc3)C(=O)C(=O)N2CCCN(C)C)cc1. The van der Waals surface area contributed by atoms with Crippen molar-refractivity contribution in [2.24, 2.45) is 0 Å². The Kier molecular flexibility index (Phi) is 6.49. The van der Waals surface area contributed by atoms with Gasteiger partial charge in [0, 0.05) is 12.1 Å². The summed E-state index contributed by atoms with van der Waals surface area (Å²) in [6.07, 6.45) is 1.66. The molecule has 152 valence electrons. The minimum absolute atomic E-state index is 0.122. The second kappa shape index (κ2) is 9.05. The number of ketones is 1. The summed E-state index contributed by atoms with van der Waals surface area (Å²) in [5.74, 6) is -1.30. The number of aryl methyl sites for hydroxylation is 1. The van der Waals surface area contributed by atoms with Crippen LogP contribution in [-0.2, 0) is 16.0 Å². The Hall–Kier alpha value is -2.92. The van der Waals surface area contributed by atoms with Crippen LogP contribution in [-0.4, -0.2) is 53.8 Å². The minimum atomic E-state index is -0.624. The molecule has 1 saturated heterocycles. The van der Waals surface area contributed by atoms with E-state index in [-0.39, 0.29) is 11.3 Å². The predicted molar refractivity (Wildman–Crippen MR) is 114 cm³/mol. The normalized spacial score (nSPS) is 18.6. The molecule has 1 aliphatic rings. The number of aliphatic hydroxyl groups excluding tert-OH is 1. The number of aliphatic hydroxyl groups is 1. The Bertz CT molecular complexity index is 901. The highest BCUT2D eigenvalue weighted by Gasteiger charge is 2.45. The number of carbonyl (C=O) groups excluding carboxylic acids is 2. The summed E-state index contributed by atoms with van der Waals surface area (Å²) in [5.41, 5.74) is 2.72. The van der Waals surface area contributed by atoms with E-state index in [4.69, 9.17) is 0 Å². The van der Waals surface area contributed by atoms with Crippen LogP contribution in [0.25, 0.3) is 5.76 Å². The van der Waals surface area contributed by atoms with Crippen molar-refractivity contribution in [3.8, 4) is 0 Å². The average molecular weight is 392 g/mol. The van der Waals surface area contributed by atoms with Gasteiger partial charge in [-0.3, -0.25) is 9.59 Å². The van der Waals surface area contributed by atoms with E-state index in [1.165, 1.54) is 5.56 Å². The number of likely N-dealkylation sites (tertiary alicyclic amines) is 1. The first-order valence-corrected chi connectivity index (χ1v) is 10.0. The molecule has 3 rings (SSSR count). The van der Waals surface area contributed by atoms with E-state index in [9.17, 15) is 14.7 Å². The van der Waals surface area contributed by atoms with Crippen molar-refractivity contribution in [2.75, 3.05) is 27.2 Å². The van der Waals surface area contributed by atoms with Crippen molar-refractivity contribution in [3.05, 3.63) is 76.9 Å². The van der Waals surface area contributed by atoms with Gasteiger partial charge >= 0.3 is 0 Å². The molecule has 29 heavy (non-hydrogen) atoms. The molecule has 1 fully saturated rings. The Labute approximate surface area is 172 Å². The van der Waals surface area contributed by atoms with Crippen LogP contribution in [0.5, 0.6) is 0 Å². The quantitative estimate of drug-likeness (QED) is 0.444. The van der Waals surface area contributed by atoms with E-state index in [0.717, 1.165) is 24.9 Å². The third-order valence-corrected chi connectivity index (χ3v) is 5.30. The molecule has 0 spiro atoms. The number of rotatable bonds is 7. The van der Waals surface area contributed by atoms with Crippen LogP contribution in [0.15, 0.2) is 60.2 Å². The smallest absolute Gasteiger partial charge is 0.295 e. The minimum Gasteiger partial charge on any atom is -0.507 e. The van der Waals surface area contributed by atoms with Crippen molar-refractivity contribution in [3.63, 3.8) is 0 Å². The molecule has 0 saturated carbocycles. The summed E-state index contributed by atoms with van der Waals surface area (Å²) < 4.78 is 0. The zero-order chi connectivity index (χ0) is 21.0. The fraction of sp³-hybridized carbons (Fsp3) is 0.333. The van der Waals surface area contributed by atoms with Crippen molar-refractivity contribution in [1.82, 2.24) is 9.80 Å². The van der Waals surface area contributed by atoms with E-state index in [1.807, 2.05) is 49.3 Å². The highest BCUT2D eigenvalue weighted by atomic mass is 16.3. The molecule has 0 radical (unpaired) electrons. The monoisotopic (exact) mass is 392 g/mol. The lowest BCUT2D eigenvalue weighted by Gasteiger charge is -2.26. The highest BCUT2D eigenvalue weighted by molar-refractivity contribution is 6.46. The molecule has 1 amide bonds. The number of hydrogen-bond donors (Lipinski definition) is 1. The Morgan fingerprint density at radius 1 is 1.03 bits per heavy atom. The van der Waals surface area contributed by atoms with Gasteiger partial charge in [0.05, 0.1) is 11.6 Å². The topological polar surface area (TPSA) is 60.9 Å². The fourth-order valence-electron chi connectivity index (χ4n) is 3.70. The second-order valence-corrected chi connectivity index (χ2v) is 7.61. The van der Waals surface area contributed by atoms with E-state index in [0.29, 0.717) is 12.1 Å². The predicted octanol–water partition coefficient (Wildman–Crippen LogP) is 3.62. The van der Waals surface area contributed by atoms with Crippen LogP contribution in [0.3, 0.4) is 0 Å². The molecule has 2 aromatic rings. The van der Waals surface area contributed by atoms with Crippen LogP contribution < -0.4 is 0 Å². The first-order valence-electron chi connectivity index (χ1n) is 10.0. The summed E-state index contributed by atoms with van der Waals surface area (Å²) in [7, 11) is 3.95. The highest BCUT2D eigenvalue weighted by Crippen LogP contribution is 2.39. The molecular formula is C24H28N2O3. The average Bonchev–Trinajstić information content (AvgIpc) is 2.98. The lowest BCUT2D eigenvalue weighted by molar-refractivity contribution is -0.139. The standard InChI is InChI=1S/C24H28N2O3/c1-4-17-11-13-18(14-12-17)21-20(22(27)19-9-6-5-7-10-19)23(28)24(29)26(21)16-8-15-25(2)3/h5-7,9-14,21,27H,4,8,15-16H2,1-3H3/b22-20-. The van der Waals surface area contributed by atoms with Crippen LogP contribution in [0, 0.1) is 0 Å². The number of hydrogen-bond acceptors (Lipinski definition) is 4. The van der Waals surface area contributed by atoms with E-state index >= 15 is 0 Å². The first-order chi connectivity index (χ1) is 13.9. The van der Waals surface area contributed by atoms with Gasteiger partial charge in [-0.05, 0) is 44.6 Å². The first kappa shape index (κ1) is 20.8. The number of benzene rings is 2. The number of amides is 1. The van der Waals surface area contributed by atoms with E-state index in [1.54, 1.807) is 29.2 Å². The van der Waals surface area contributed by atoms with E-state index < -0.39 is 17.7 Å². The van der Waals surface area contributed by atoms with Crippen LogP contribution in [0.2, 0.25) is 0 Å². The Morgan fingerprint density at radius 3 is 2.28 bits per heavy atom. The molecule has 2 aromatic carbocycles. The summed E-state index contributed by atoms with van der Waals surface area (Å²) in [4.78, 5) is 29.4. The van der Waals surface area contributed by atoms with E-state index in [2.05, 4.69) is 6.92 Å². The maximum absolute atomic E-state index is 12.9. The Balaban J connectivity index is 2.06. The molecule has 0 aromatic heterocycles. The number of carbonyl (C=O) groups is 2. The maximum atomic E-state index is 12.9. The van der Waals surface area contributed by atoms with Gasteiger partial charge < -0.3 is 14.9 Å². The molecular weight excluding hydrogens is 364 g/mol. The lowest BCUT2D eigenvalue weighted by atomic mass is 9.94. The molecule has 1 atom stereocenters. The van der Waals surface area contributed by atoms with Gasteiger partial charge in [-0.25, -0.2) is 0 Å². The van der Waals surface area contributed by atoms with Crippen LogP contribution >= 0.6 is 0 Å².